The molecule has 0 atom stereocenters. The van der Waals surface area contributed by atoms with Crippen molar-refractivity contribution in [3.8, 4) is 5.75 Å². The molecule has 1 aromatic rings. The first-order valence-electron chi connectivity index (χ1n) is 7.28. The van der Waals surface area contributed by atoms with Gasteiger partial charge in [0, 0.05) is 0 Å². The Balaban J connectivity index is 2.03. The van der Waals surface area contributed by atoms with E-state index < -0.39 is 0 Å². The Morgan fingerprint density at radius 3 is 2.60 bits per heavy atom. The number of hydrogen-bond acceptors (Lipinski definition) is 4. The van der Waals surface area contributed by atoms with Crippen molar-refractivity contribution in [1.82, 2.24) is 0 Å². The van der Waals surface area contributed by atoms with Gasteiger partial charge in [-0.2, -0.15) is 0 Å². The zero-order valence-electron chi connectivity index (χ0n) is 12.2. The smallest absolute Gasteiger partial charge is 0.337 e. The maximum Gasteiger partial charge on any atom is 0.337 e. The summed E-state index contributed by atoms with van der Waals surface area (Å²) in [6.45, 7) is 2.24. The maximum atomic E-state index is 11.5. The number of esters is 1. The molecule has 0 heterocycles. The highest BCUT2D eigenvalue weighted by atomic mass is 16.5. The van der Waals surface area contributed by atoms with Crippen LogP contribution in [0.15, 0.2) is 18.2 Å². The predicted octanol–water partition coefficient (Wildman–Crippen LogP) is 3.40. The summed E-state index contributed by atoms with van der Waals surface area (Å²) < 4.78 is 10.7. The monoisotopic (exact) mass is 277 g/mol. The number of ether oxygens (including phenoxy) is 2. The summed E-state index contributed by atoms with van der Waals surface area (Å²) in [7, 11) is 1.37. The van der Waals surface area contributed by atoms with E-state index in [0.717, 1.165) is 18.8 Å². The van der Waals surface area contributed by atoms with Gasteiger partial charge >= 0.3 is 5.97 Å². The molecule has 1 saturated carbocycles. The number of hydrogen-bond donors (Lipinski definition) is 1. The standard InChI is InChI=1S/C16H23NO3/c1-3-11-4-7-13(8-5-11)20-15-10-12(16(18)19-2)6-9-14(15)17/h6,9-11,13H,3-5,7-8,17H2,1-2H3. The van der Waals surface area contributed by atoms with Gasteiger partial charge in [-0.1, -0.05) is 13.3 Å². The van der Waals surface area contributed by atoms with Crippen LogP contribution in [0.3, 0.4) is 0 Å². The molecule has 0 amide bonds. The fourth-order valence-electron chi connectivity index (χ4n) is 2.72. The molecule has 20 heavy (non-hydrogen) atoms. The zero-order valence-corrected chi connectivity index (χ0v) is 12.2. The first-order chi connectivity index (χ1) is 9.63. The molecule has 4 heteroatoms. The van der Waals surface area contributed by atoms with Gasteiger partial charge in [-0.25, -0.2) is 4.79 Å². The molecule has 2 N–H and O–H groups in total. The highest BCUT2D eigenvalue weighted by Gasteiger charge is 2.22. The first kappa shape index (κ1) is 14.7. The fourth-order valence-corrected chi connectivity index (χ4v) is 2.72. The Hall–Kier alpha value is -1.71. The van der Waals surface area contributed by atoms with Crippen LogP contribution < -0.4 is 10.5 Å². The van der Waals surface area contributed by atoms with Crippen molar-refractivity contribution in [2.75, 3.05) is 12.8 Å². The van der Waals surface area contributed by atoms with Crippen LogP contribution >= 0.6 is 0 Å². The molecule has 1 aromatic carbocycles. The lowest BCUT2D eigenvalue weighted by molar-refractivity contribution is 0.0599. The molecule has 1 aliphatic rings. The van der Waals surface area contributed by atoms with Crippen LogP contribution in [0.4, 0.5) is 5.69 Å². The second-order valence-corrected chi connectivity index (χ2v) is 5.41. The third-order valence-corrected chi connectivity index (χ3v) is 4.10. The van der Waals surface area contributed by atoms with Gasteiger partial charge in [-0.15, -0.1) is 0 Å². The summed E-state index contributed by atoms with van der Waals surface area (Å²) in [5.74, 6) is 1.05. The second kappa shape index (κ2) is 6.64. The maximum absolute atomic E-state index is 11.5. The molecule has 1 aliphatic carbocycles. The molecule has 0 spiro atoms. The van der Waals surface area contributed by atoms with Crippen LogP contribution in [-0.4, -0.2) is 19.2 Å². The van der Waals surface area contributed by atoms with E-state index in [9.17, 15) is 4.79 Å². The molecular formula is C16H23NO3. The van der Waals surface area contributed by atoms with Crippen molar-refractivity contribution < 1.29 is 14.3 Å². The molecule has 1 fully saturated rings. The molecule has 0 aliphatic heterocycles. The Morgan fingerprint density at radius 1 is 1.30 bits per heavy atom. The average Bonchev–Trinajstić information content (AvgIpc) is 2.49. The minimum absolute atomic E-state index is 0.202. The molecular weight excluding hydrogens is 254 g/mol. The van der Waals surface area contributed by atoms with Crippen molar-refractivity contribution >= 4 is 11.7 Å². The van der Waals surface area contributed by atoms with E-state index in [-0.39, 0.29) is 12.1 Å². The van der Waals surface area contributed by atoms with E-state index in [1.54, 1.807) is 18.2 Å². The summed E-state index contributed by atoms with van der Waals surface area (Å²) in [4.78, 5) is 11.5. The van der Waals surface area contributed by atoms with E-state index >= 15 is 0 Å². The first-order valence-corrected chi connectivity index (χ1v) is 7.28. The van der Waals surface area contributed by atoms with E-state index in [1.807, 2.05) is 0 Å². The van der Waals surface area contributed by atoms with Gasteiger partial charge in [-0.05, 0) is 49.8 Å². The van der Waals surface area contributed by atoms with E-state index in [0.29, 0.717) is 17.0 Å². The minimum Gasteiger partial charge on any atom is -0.488 e. The zero-order chi connectivity index (χ0) is 14.5. The minimum atomic E-state index is -0.371. The van der Waals surface area contributed by atoms with Crippen molar-refractivity contribution in [1.29, 1.82) is 0 Å². The van der Waals surface area contributed by atoms with Gasteiger partial charge in [0.25, 0.3) is 0 Å². The third-order valence-electron chi connectivity index (χ3n) is 4.10. The number of nitrogens with two attached hydrogens (primary N) is 1. The lowest BCUT2D eigenvalue weighted by atomic mass is 9.86. The lowest BCUT2D eigenvalue weighted by Gasteiger charge is -2.28. The Kier molecular flexibility index (Phi) is 4.88. The van der Waals surface area contributed by atoms with Gasteiger partial charge in [0.15, 0.2) is 0 Å². The summed E-state index contributed by atoms with van der Waals surface area (Å²) in [6.07, 6.45) is 5.97. The molecule has 0 radical (unpaired) electrons. The third kappa shape index (κ3) is 3.44. The van der Waals surface area contributed by atoms with E-state index in [4.69, 9.17) is 15.2 Å². The normalized spacial score (nSPS) is 22.3. The molecule has 0 unspecified atom stereocenters. The van der Waals surface area contributed by atoms with Crippen LogP contribution in [0.5, 0.6) is 5.75 Å². The molecule has 0 bridgehead atoms. The Labute approximate surface area is 120 Å². The fraction of sp³-hybridized carbons (Fsp3) is 0.562. The lowest BCUT2D eigenvalue weighted by Crippen LogP contribution is -2.24. The van der Waals surface area contributed by atoms with Gasteiger partial charge in [0.1, 0.15) is 5.75 Å². The van der Waals surface area contributed by atoms with Crippen LogP contribution in [0.25, 0.3) is 0 Å². The number of carbonyl (C=O) groups excluding carboxylic acids is 1. The Bertz CT molecular complexity index is 465. The van der Waals surface area contributed by atoms with Gasteiger partial charge in [0.05, 0.1) is 24.5 Å². The quantitative estimate of drug-likeness (QED) is 0.676. The van der Waals surface area contributed by atoms with Crippen molar-refractivity contribution in [2.24, 2.45) is 5.92 Å². The molecule has 0 aromatic heterocycles. The second-order valence-electron chi connectivity index (χ2n) is 5.41. The number of benzene rings is 1. The van der Waals surface area contributed by atoms with Crippen LogP contribution in [0.2, 0.25) is 0 Å². The topological polar surface area (TPSA) is 61.5 Å². The largest absolute Gasteiger partial charge is 0.488 e. The van der Waals surface area contributed by atoms with Gasteiger partial charge in [-0.3, -0.25) is 0 Å². The summed E-state index contributed by atoms with van der Waals surface area (Å²) in [6, 6.07) is 5.02. The van der Waals surface area contributed by atoms with E-state index in [2.05, 4.69) is 6.92 Å². The van der Waals surface area contributed by atoms with Crippen molar-refractivity contribution in [2.45, 2.75) is 45.1 Å². The van der Waals surface area contributed by atoms with Crippen LogP contribution in [0.1, 0.15) is 49.4 Å². The summed E-state index contributed by atoms with van der Waals surface area (Å²) in [5, 5.41) is 0. The number of rotatable bonds is 4. The Morgan fingerprint density at radius 2 is 2.00 bits per heavy atom. The predicted molar refractivity (Wildman–Crippen MR) is 78.9 cm³/mol. The molecule has 110 valence electrons. The average molecular weight is 277 g/mol. The summed E-state index contributed by atoms with van der Waals surface area (Å²) in [5.41, 5.74) is 6.96. The van der Waals surface area contributed by atoms with E-state index in [1.165, 1.54) is 26.4 Å². The highest BCUT2D eigenvalue weighted by molar-refractivity contribution is 5.90. The van der Waals surface area contributed by atoms with Crippen molar-refractivity contribution in [3.63, 3.8) is 0 Å². The molecule has 4 nitrogen and oxygen atoms in total. The number of nitrogen functional groups attached to an aromatic ring is 1. The van der Waals surface area contributed by atoms with Crippen LogP contribution in [0, 0.1) is 5.92 Å². The van der Waals surface area contributed by atoms with Crippen LogP contribution in [-0.2, 0) is 4.74 Å². The van der Waals surface area contributed by atoms with Gasteiger partial charge < -0.3 is 15.2 Å². The SMILES string of the molecule is CCC1CCC(Oc2cc(C(=O)OC)ccc2N)CC1. The molecule has 0 saturated heterocycles. The molecule has 2 rings (SSSR count). The summed E-state index contributed by atoms with van der Waals surface area (Å²) >= 11 is 0. The van der Waals surface area contributed by atoms with Crippen molar-refractivity contribution in [3.05, 3.63) is 23.8 Å². The number of carbonyl (C=O) groups is 1. The highest BCUT2D eigenvalue weighted by Crippen LogP contribution is 2.31. The van der Waals surface area contributed by atoms with Gasteiger partial charge in [0.2, 0.25) is 0 Å². The number of methoxy groups -OCH3 is 1. The number of anilines is 1.